The van der Waals surface area contributed by atoms with Crippen LogP contribution in [0, 0.1) is 5.82 Å². The maximum atomic E-state index is 13.6. The summed E-state index contributed by atoms with van der Waals surface area (Å²) in [6.45, 7) is 0. The molecule has 0 bridgehead atoms. The third-order valence-electron chi connectivity index (χ3n) is 2.84. The van der Waals surface area contributed by atoms with Gasteiger partial charge in [0, 0.05) is 11.1 Å². The topological polar surface area (TPSA) is 46.2 Å². The second kappa shape index (κ2) is 3.11. The zero-order valence-electron chi connectivity index (χ0n) is 7.56. The first kappa shape index (κ1) is 9.74. The van der Waals surface area contributed by atoms with E-state index in [1.165, 1.54) is 12.1 Å². The van der Waals surface area contributed by atoms with Gasteiger partial charge in [-0.25, -0.2) is 4.39 Å². The Bertz CT molecular complexity index is 377. The van der Waals surface area contributed by atoms with Gasteiger partial charge in [0.25, 0.3) is 0 Å². The molecule has 0 heterocycles. The number of benzene rings is 1. The Labute approximate surface area is 86.5 Å². The van der Waals surface area contributed by atoms with E-state index in [1.807, 2.05) is 0 Å². The van der Waals surface area contributed by atoms with Gasteiger partial charge in [-0.05, 0) is 25.3 Å². The highest BCUT2D eigenvalue weighted by molar-refractivity contribution is 6.32. The van der Waals surface area contributed by atoms with Crippen molar-refractivity contribution in [3.05, 3.63) is 28.5 Å². The molecule has 1 aliphatic carbocycles. The van der Waals surface area contributed by atoms with Gasteiger partial charge in [-0.3, -0.25) is 0 Å². The Morgan fingerprint density at radius 2 is 2.07 bits per heavy atom. The molecule has 4 heteroatoms. The maximum absolute atomic E-state index is 13.6. The second-order valence-corrected chi connectivity index (χ2v) is 4.15. The monoisotopic (exact) mass is 215 g/mol. The van der Waals surface area contributed by atoms with Crippen LogP contribution in [0.4, 0.5) is 4.39 Å². The van der Waals surface area contributed by atoms with Gasteiger partial charge in [0.1, 0.15) is 10.8 Å². The Balaban J connectivity index is 2.49. The Morgan fingerprint density at radius 3 is 2.57 bits per heavy atom. The molecular formula is C10H11ClFNO. The standard InChI is InChI=1S/C10H11ClFNO/c11-8-7(14)3-2-6(9(8)12)10(13)4-1-5-10/h2-3,14H,1,4-5,13H2. The van der Waals surface area contributed by atoms with Crippen LogP contribution in [0.25, 0.3) is 0 Å². The van der Waals surface area contributed by atoms with E-state index in [-0.39, 0.29) is 10.8 Å². The number of phenolic OH excluding ortho intramolecular Hbond substituents is 1. The molecule has 1 fully saturated rings. The van der Waals surface area contributed by atoms with Gasteiger partial charge < -0.3 is 10.8 Å². The molecule has 2 rings (SSSR count). The molecule has 14 heavy (non-hydrogen) atoms. The van der Waals surface area contributed by atoms with Gasteiger partial charge in [0.15, 0.2) is 5.82 Å². The van der Waals surface area contributed by atoms with Crippen molar-refractivity contribution in [3.63, 3.8) is 0 Å². The third-order valence-corrected chi connectivity index (χ3v) is 3.20. The van der Waals surface area contributed by atoms with Crippen LogP contribution in [0.5, 0.6) is 5.75 Å². The molecule has 0 saturated heterocycles. The highest BCUT2D eigenvalue weighted by Crippen LogP contribution is 2.42. The van der Waals surface area contributed by atoms with Crippen molar-refractivity contribution >= 4 is 11.6 Å². The van der Waals surface area contributed by atoms with Crippen LogP contribution >= 0.6 is 11.6 Å². The summed E-state index contributed by atoms with van der Waals surface area (Å²) in [5.74, 6) is -0.829. The molecule has 0 aromatic heterocycles. The van der Waals surface area contributed by atoms with E-state index in [9.17, 15) is 4.39 Å². The summed E-state index contributed by atoms with van der Waals surface area (Å²) in [5, 5.41) is 8.93. The Morgan fingerprint density at radius 1 is 1.43 bits per heavy atom. The molecule has 1 aliphatic rings. The number of hydrogen-bond acceptors (Lipinski definition) is 2. The average Bonchev–Trinajstić information content (AvgIpc) is 2.11. The minimum Gasteiger partial charge on any atom is -0.506 e. The number of nitrogens with two attached hydrogens (primary N) is 1. The lowest BCUT2D eigenvalue weighted by atomic mass is 9.72. The number of halogens is 2. The van der Waals surface area contributed by atoms with E-state index in [1.54, 1.807) is 0 Å². The number of rotatable bonds is 1. The summed E-state index contributed by atoms with van der Waals surface area (Å²) in [6.07, 6.45) is 2.55. The quantitative estimate of drug-likeness (QED) is 0.756. The average molecular weight is 216 g/mol. The Hall–Kier alpha value is -0.800. The van der Waals surface area contributed by atoms with E-state index in [0.717, 1.165) is 19.3 Å². The lowest BCUT2D eigenvalue weighted by Gasteiger charge is -2.38. The van der Waals surface area contributed by atoms with Crippen LogP contribution in [-0.4, -0.2) is 5.11 Å². The third kappa shape index (κ3) is 1.28. The van der Waals surface area contributed by atoms with Crippen molar-refractivity contribution in [3.8, 4) is 5.75 Å². The van der Waals surface area contributed by atoms with Crippen LogP contribution < -0.4 is 5.73 Å². The van der Waals surface area contributed by atoms with Crippen molar-refractivity contribution in [1.29, 1.82) is 0 Å². The van der Waals surface area contributed by atoms with Crippen LogP contribution in [0.2, 0.25) is 5.02 Å². The zero-order valence-corrected chi connectivity index (χ0v) is 8.31. The molecule has 0 radical (unpaired) electrons. The minimum atomic E-state index is -0.589. The summed E-state index contributed by atoms with van der Waals surface area (Å²) >= 11 is 5.59. The second-order valence-electron chi connectivity index (χ2n) is 3.77. The molecule has 0 amide bonds. The molecule has 2 nitrogen and oxygen atoms in total. The van der Waals surface area contributed by atoms with Gasteiger partial charge in [-0.1, -0.05) is 17.7 Å². The van der Waals surface area contributed by atoms with Crippen molar-refractivity contribution in [2.75, 3.05) is 0 Å². The van der Waals surface area contributed by atoms with Crippen molar-refractivity contribution in [1.82, 2.24) is 0 Å². The van der Waals surface area contributed by atoms with E-state index in [0.29, 0.717) is 5.56 Å². The van der Waals surface area contributed by atoms with Crippen LogP contribution in [0.15, 0.2) is 12.1 Å². The first-order valence-corrected chi connectivity index (χ1v) is 4.89. The number of phenols is 1. The van der Waals surface area contributed by atoms with Crippen LogP contribution in [-0.2, 0) is 5.54 Å². The maximum Gasteiger partial charge on any atom is 0.150 e. The normalized spacial score (nSPS) is 19.1. The molecule has 0 atom stereocenters. The summed E-state index contributed by atoms with van der Waals surface area (Å²) in [4.78, 5) is 0. The van der Waals surface area contributed by atoms with E-state index in [2.05, 4.69) is 0 Å². The molecule has 3 N–H and O–H groups in total. The number of aromatic hydroxyl groups is 1. The summed E-state index contributed by atoms with van der Waals surface area (Å²) in [5.41, 5.74) is 5.79. The molecule has 0 spiro atoms. The molecule has 0 aliphatic heterocycles. The minimum absolute atomic E-state index is 0.237. The fourth-order valence-corrected chi connectivity index (χ4v) is 1.92. The van der Waals surface area contributed by atoms with Crippen LogP contribution in [0.3, 0.4) is 0 Å². The predicted octanol–water partition coefficient (Wildman–Crippen LogP) is 2.52. The van der Waals surface area contributed by atoms with Crippen molar-refractivity contribution in [2.45, 2.75) is 24.8 Å². The van der Waals surface area contributed by atoms with Crippen LogP contribution in [0.1, 0.15) is 24.8 Å². The number of hydrogen-bond donors (Lipinski definition) is 2. The summed E-state index contributed by atoms with van der Waals surface area (Å²) in [6, 6.07) is 2.89. The van der Waals surface area contributed by atoms with E-state index < -0.39 is 11.4 Å². The van der Waals surface area contributed by atoms with Gasteiger partial charge in [-0.15, -0.1) is 0 Å². The largest absolute Gasteiger partial charge is 0.506 e. The fraction of sp³-hybridized carbons (Fsp3) is 0.400. The van der Waals surface area contributed by atoms with Gasteiger partial charge in [-0.2, -0.15) is 0 Å². The van der Waals surface area contributed by atoms with E-state index in [4.69, 9.17) is 22.4 Å². The fourth-order valence-electron chi connectivity index (χ4n) is 1.75. The highest BCUT2D eigenvalue weighted by atomic mass is 35.5. The first-order chi connectivity index (χ1) is 6.54. The lowest BCUT2D eigenvalue weighted by Crippen LogP contribution is -2.44. The molecular weight excluding hydrogens is 205 g/mol. The van der Waals surface area contributed by atoms with Gasteiger partial charge >= 0.3 is 0 Å². The van der Waals surface area contributed by atoms with Gasteiger partial charge in [0.2, 0.25) is 0 Å². The smallest absolute Gasteiger partial charge is 0.150 e. The summed E-state index contributed by atoms with van der Waals surface area (Å²) in [7, 11) is 0. The highest BCUT2D eigenvalue weighted by Gasteiger charge is 2.37. The molecule has 1 aromatic carbocycles. The zero-order chi connectivity index (χ0) is 10.3. The molecule has 1 saturated carbocycles. The lowest BCUT2D eigenvalue weighted by molar-refractivity contribution is 0.245. The predicted molar refractivity (Wildman–Crippen MR) is 52.8 cm³/mol. The SMILES string of the molecule is NC1(c2ccc(O)c(Cl)c2F)CCC1. The van der Waals surface area contributed by atoms with Gasteiger partial charge in [0.05, 0.1) is 0 Å². The summed E-state index contributed by atoms with van der Waals surface area (Å²) < 4.78 is 13.6. The first-order valence-electron chi connectivity index (χ1n) is 4.51. The molecule has 0 unspecified atom stereocenters. The Kier molecular flexibility index (Phi) is 2.16. The molecule has 76 valence electrons. The van der Waals surface area contributed by atoms with Crippen molar-refractivity contribution in [2.24, 2.45) is 5.73 Å². The molecule has 1 aromatic rings. The van der Waals surface area contributed by atoms with E-state index >= 15 is 0 Å². The van der Waals surface area contributed by atoms with Crippen molar-refractivity contribution < 1.29 is 9.50 Å².